The second kappa shape index (κ2) is 50.5. The SMILES string of the molecule is CC(C)[C@H](NC(=O)[C@H](CCCCN)NC(=O)[C@@H]1CCCN1C(=O)[C@H](CCCCN)NC(=O)[C@@H](N)CCC(=O)O)C(=O)N[C@@H](CCC(=O)O)C(=O)N[C@@H](C)C(=O)N[C@@H](Cc1ccc(O)cc1)C(=O)N[C@@H](CCCCN)C(=O)N[C@@H](C)C(=O)N[C@@H](C)C(=O)N[C@@H](C)C(=O)N[C@@H](C)C(=O)N1CCC[C@H]1C(=O)N[C@@H](C)C(=O)O.O=C(O)C(F)(F)F. The van der Waals surface area contributed by atoms with E-state index in [1.807, 2.05) is 0 Å². The minimum absolute atomic E-state index is 0.000385. The summed E-state index contributed by atoms with van der Waals surface area (Å²) in [5, 5.41) is 75.5. The van der Waals surface area contributed by atoms with Gasteiger partial charge in [-0.15, -0.1) is 0 Å². The number of rotatable bonds is 48. The first kappa shape index (κ1) is 101. The quantitative estimate of drug-likeness (QED) is 0.0274. The zero-order valence-electron chi connectivity index (χ0n) is 66.2. The first-order valence-corrected chi connectivity index (χ1v) is 38.2. The zero-order valence-corrected chi connectivity index (χ0v) is 66.2. The maximum absolute atomic E-state index is 14.5. The Kier molecular flexibility index (Phi) is 44.0. The number of phenolic OH excluding ortho intramolecular Hbond substituents is 1. The highest BCUT2D eigenvalue weighted by atomic mass is 19.4. The van der Waals surface area contributed by atoms with Crippen LogP contribution in [-0.4, -0.2) is 271 Å². The molecule has 15 atom stereocenters. The van der Waals surface area contributed by atoms with Gasteiger partial charge in [-0.1, -0.05) is 26.0 Å². The van der Waals surface area contributed by atoms with E-state index < -0.39 is 229 Å². The minimum Gasteiger partial charge on any atom is -0.508 e. The van der Waals surface area contributed by atoms with Gasteiger partial charge >= 0.3 is 30.1 Å². The van der Waals surface area contributed by atoms with Gasteiger partial charge in [0, 0.05) is 32.4 Å². The summed E-state index contributed by atoms with van der Waals surface area (Å²) in [6, 6.07) is -14.3. The lowest BCUT2D eigenvalue weighted by Crippen LogP contribution is -2.61. The van der Waals surface area contributed by atoms with E-state index in [1.165, 1.54) is 75.6 Å². The fraction of sp³-hybridized carbons (Fsp3) is 0.667. The fourth-order valence-electron chi connectivity index (χ4n) is 11.9. The molecule has 0 radical (unpaired) electrons. The number of nitrogens with one attached hydrogen (secondary N) is 12. The highest BCUT2D eigenvalue weighted by molar-refractivity contribution is 6.00. The Labute approximate surface area is 667 Å². The summed E-state index contributed by atoms with van der Waals surface area (Å²) in [6.07, 6.45) is -3.70. The predicted octanol–water partition coefficient (Wildman–Crippen LogP) is -4.33. The van der Waals surface area contributed by atoms with Gasteiger partial charge < -0.3 is 122 Å². The van der Waals surface area contributed by atoms with Crippen molar-refractivity contribution < 1.29 is 125 Å². The molecule has 2 aliphatic rings. The van der Waals surface area contributed by atoms with Crippen LogP contribution in [-0.2, 0) is 92.7 Å². The van der Waals surface area contributed by atoms with Gasteiger partial charge in [0.25, 0.3) is 0 Å². The molecule has 2 heterocycles. The van der Waals surface area contributed by atoms with Gasteiger partial charge in [0.15, 0.2) is 0 Å². The van der Waals surface area contributed by atoms with Crippen LogP contribution in [0.5, 0.6) is 5.75 Å². The number of unbranched alkanes of at least 4 members (excludes halogenated alkanes) is 3. The van der Waals surface area contributed by atoms with Gasteiger partial charge in [0.1, 0.15) is 90.3 Å². The van der Waals surface area contributed by atoms with E-state index in [0.717, 1.165) is 0 Å². The normalized spacial score (nSPS) is 17.2. The van der Waals surface area contributed by atoms with Crippen LogP contribution in [0.25, 0.3) is 0 Å². The number of carbonyl (C=O) groups is 18. The fourth-order valence-corrected chi connectivity index (χ4v) is 11.9. The lowest BCUT2D eigenvalue weighted by molar-refractivity contribution is -0.192. The molecule has 0 aliphatic carbocycles. The molecule has 0 spiro atoms. The Morgan fingerprint density at radius 1 is 0.414 bits per heavy atom. The lowest BCUT2D eigenvalue weighted by Gasteiger charge is -2.31. The molecule has 2 aliphatic heterocycles. The van der Waals surface area contributed by atoms with Gasteiger partial charge in [0.2, 0.25) is 82.7 Å². The number of likely N-dealkylation sites (tertiary alicyclic amines) is 2. The van der Waals surface area contributed by atoms with Crippen LogP contribution < -0.4 is 86.7 Å². The van der Waals surface area contributed by atoms with Crippen LogP contribution in [0.4, 0.5) is 13.2 Å². The number of hydrogen-bond acceptors (Lipinski definition) is 23. The topological polar surface area (TPSA) is 663 Å². The standard InChI is InChI=1S/C70H114N18O21.C2HF3O2/c1-36(2)55(86-63(101)47(18-10-13-31-72)82-66(104)52-21-16-34-88(52)69(107)49(19-11-14-32-73)84-60(98)45(74)26-28-53(90)91)67(105)83-48(27-29-54(92)93)62(100)78-40(6)59(97)85-50(35-43-22-24-44(89)25-23-43)64(102)81-46(17-9-12-30-71)61(99)77-39(5)57(95)75-37(3)56(94)76-38(4)58(96)79-41(7)68(106)87-33-15-20-51(87)65(103)80-42(8)70(108)109;3-2(4,5)1(6)7/h22-25,36-42,45-52,55,89H,9-21,26-35,71-74H2,1-8H3,(H,75,95)(H,76,94)(H,77,99)(H,78,100)(H,79,96)(H,80,103)(H,81,102)(H,82,104)(H,83,105)(H,84,98)(H,85,97)(H,86,101)(H,90,91)(H,92,93)(H,108,109);(H,6,7)/t37-,38-,39-,40-,41-,42-,45-,46-,47-,48-,49-,50-,51-,52-,55-;/m0./s1. The summed E-state index contributed by atoms with van der Waals surface area (Å²) in [4.78, 5) is 239. The van der Waals surface area contributed by atoms with Crippen LogP contribution >= 0.6 is 0 Å². The van der Waals surface area contributed by atoms with Gasteiger partial charge in [0.05, 0.1) is 6.04 Å². The summed E-state index contributed by atoms with van der Waals surface area (Å²) in [7, 11) is 0. The smallest absolute Gasteiger partial charge is 0.490 e. The molecule has 3 rings (SSSR count). The number of nitrogens with zero attached hydrogens (tertiary/aromatic N) is 2. The van der Waals surface area contributed by atoms with E-state index in [0.29, 0.717) is 50.5 Å². The number of aliphatic carboxylic acids is 4. The molecule has 0 saturated carbocycles. The van der Waals surface area contributed by atoms with Crippen molar-refractivity contribution in [1.29, 1.82) is 0 Å². The third kappa shape index (κ3) is 35.5. The van der Waals surface area contributed by atoms with Crippen LogP contribution in [0.3, 0.4) is 0 Å². The number of alkyl halides is 3. The molecule has 0 unspecified atom stereocenters. The molecule has 41 nitrogen and oxygen atoms in total. The number of carboxylic acids is 4. The molecule has 652 valence electrons. The van der Waals surface area contributed by atoms with Crippen molar-refractivity contribution in [3.63, 3.8) is 0 Å². The minimum atomic E-state index is -5.08. The monoisotopic (exact) mass is 1660 g/mol. The predicted molar refractivity (Wildman–Crippen MR) is 405 cm³/mol. The average molecular weight is 1660 g/mol. The van der Waals surface area contributed by atoms with Gasteiger partial charge in [-0.25, -0.2) is 4.79 Å². The third-order valence-electron chi connectivity index (χ3n) is 18.6. The molecular formula is C72H115F3N18O23. The van der Waals surface area contributed by atoms with Crippen molar-refractivity contribution in [3.05, 3.63) is 29.8 Å². The maximum atomic E-state index is 14.5. The van der Waals surface area contributed by atoms with Gasteiger partial charge in [-0.3, -0.25) is 81.5 Å². The second-order valence-corrected chi connectivity index (χ2v) is 28.6. The highest BCUT2D eigenvalue weighted by Crippen LogP contribution is 2.23. The van der Waals surface area contributed by atoms with E-state index in [1.54, 1.807) is 13.8 Å². The van der Waals surface area contributed by atoms with Crippen LogP contribution in [0.1, 0.15) is 170 Å². The number of amides is 14. The molecule has 14 amide bonds. The van der Waals surface area contributed by atoms with Crippen molar-refractivity contribution in [2.75, 3.05) is 32.7 Å². The summed E-state index contributed by atoms with van der Waals surface area (Å²) in [5.41, 5.74) is 23.6. The molecule has 2 fully saturated rings. The van der Waals surface area contributed by atoms with E-state index in [4.69, 9.17) is 37.9 Å². The summed E-state index contributed by atoms with van der Waals surface area (Å²) >= 11 is 0. The van der Waals surface area contributed by atoms with Crippen molar-refractivity contribution in [3.8, 4) is 5.75 Å². The van der Waals surface area contributed by atoms with Gasteiger partial charge in [-0.2, -0.15) is 13.2 Å². The van der Waals surface area contributed by atoms with Crippen molar-refractivity contribution in [2.45, 2.75) is 268 Å². The number of halogens is 3. The number of carbonyl (C=O) groups excluding carboxylic acids is 14. The number of aromatic hydroxyl groups is 1. The lowest BCUT2D eigenvalue weighted by atomic mass is 10.0. The van der Waals surface area contributed by atoms with Crippen LogP contribution in [0.2, 0.25) is 0 Å². The Morgan fingerprint density at radius 3 is 1.20 bits per heavy atom. The Balaban J connectivity index is 0.00000621. The van der Waals surface area contributed by atoms with E-state index in [2.05, 4.69) is 63.8 Å². The number of nitrogens with two attached hydrogens (primary N) is 4. The summed E-state index contributed by atoms with van der Waals surface area (Å²) < 4.78 is 31.7. The molecule has 0 bridgehead atoms. The number of carboxylic acid groups (broad SMARTS) is 4. The van der Waals surface area contributed by atoms with Crippen LogP contribution in [0, 0.1) is 5.92 Å². The Hall–Kier alpha value is -10.9. The number of benzene rings is 1. The molecule has 0 aromatic heterocycles. The first-order chi connectivity index (χ1) is 54.3. The Bertz CT molecular complexity index is 3560. The highest BCUT2D eigenvalue weighted by Gasteiger charge is 2.43. The Morgan fingerprint density at radius 2 is 0.767 bits per heavy atom. The van der Waals surface area contributed by atoms with Crippen molar-refractivity contribution in [1.82, 2.24) is 73.6 Å². The molecule has 44 heteroatoms. The summed E-state index contributed by atoms with van der Waals surface area (Å²) in [5.74, 6) is -19.2. The molecule has 1 aromatic carbocycles. The van der Waals surface area contributed by atoms with Crippen LogP contribution in [0.15, 0.2) is 24.3 Å². The maximum Gasteiger partial charge on any atom is 0.490 e. The van der Waals surface area contributed by atoms with Crippen molar-refractivity contribution in [2.24, 2.45) is 28.9 Å². The number of hydrogen-bond donors (Lipinski definition) is 21. The largest absolute Gasteiger partial charge is 0.508 e. The second-order valence-electron chi connectivity index (χ2n) is 28.6. The zero-order chi connectivity index (χ0) is 88.0. The average Bonchev–Trinajstić information content (AvgIpc) is 1.64. The molecule has 2 saturated heterocycles. The van der Waals surface area contributed by atoms with E-state index in [-0.39, 0.29) is 89.8 Å². The molecule has 116 heavy (non-hydrogen) atoms. The summed E-state index contributed by atoms with van der Waals surface area (Å²) in [6.45, 7) is 11.8. The molecular weight excluding hydrogens is 1540 g/mol. The van der Waals surface area contributed by atoms with Gasteiger partial charge in [-0.05, 0) is 181 Å². The number of phenols is 1. The molecule has 1 aromatic rings. The first-order valence-electron chi connectivity index (χ1n) is 38.2. The van der Waals surface area contributed by atoms with Crippen molar-refractivity contribution >= 4 is 107 Å². The van der Waals surface area contributed by atoms with E-state index >= 15 is 0 Å². The third-order valence-corrected chi connectivity index (χ3v) is 18.6. The molecule has 25 N–H and O–H groups in total. The van der Waals surface area contributed by atoms with E-state index in [9.17, 15) is 110 Å².